The lowest BCUT2D eigenvalue weighted by molar-refractivity contribution is -0.118. The Hall–Kier alpha value is -4.27. The molecule has 1 unspecified atom stereocenters. The molecule has 3 aromatic heterocycles. The van der Waals surface area contributed by atoms with Crippen molar-refractivity contribution >= 4 is 11.4 Å². The normalized spacial score (nSPS) is 18.4. The Labute approximate surface area is 207 Å². The average Bonchev–Trinajstić information content (AvgIpc) is 3.31. The number of hydrogen-bond donors (Lipinski definition) is 0. The van der Waals surface area contributed by atoms with E-state index in [-0.39, 0.29) is 11.2 Å². The Kier molecular flexibility index (Phi) is 5.03. The van der Waals surface area contributed by atoms with E-state index >= 15 is 0 Å². The first-order chi connectivity index (χ1) is 17.4. The molecule has 6 rings (SSSR count). The molecule has 0 spiro atoms. The average molecular weight is 484 g/mol. The number of benzene rings is 1. The number of carbonyl (C=O) groups is 1. The van der Waals surface area contributed by atoms with E-state index in [0.717, 1.165) is 11.1 Å². The zero-order valence-electron chi connectivity index (χ0n) is 20.5. The third kappa shape index (κ3) is 3.50. The van der Waals surface area contributed by atoms with E-state index in [4.69, 9.17) is 19.2 Å². The van der Waals surface area contributed by atoms with E-state index in [1.807, 2.05) is 30.3 Å². The van der Waals surface area contributed by atoms with E-state index in [0.29, 0.717) is 58.6 Å². The summed E-state index contributed by atoms with van der Waals surface area (Å²) in [4.78, 5) is 27.3. The maximum atomic E-state index is 13.5. The topological polar surface area (TPSA) is 101 Å². The van der Waals surface area contributed by atoms with Crippen LogP contribution in [0.2, 0.25) is 0 Å². The molecule has 182 valence electrons. The van der Waals surface area contributed by atoms with Gasteiger partial charge in [-0.2, -0.15) is 0 Å². The molecular formula is C27H25N5O4. The molecule has 9 nitrogen and oxygen atoms in total. The lowest BCUT2D eigenvalue weighted by Gasteiger charge is -2.37. The highest BCUT2D eigenvalue weighted by Crippen LogP contribution is 2.50. The molecule has 0 saturated heterocycles. The molecule has 0 bridgehead atoms. The van der Waals surface area contributed by atoms with Crippen molar-refractivity contribution in [2.24, 2.45) is 5.41 Å². The quantitative estimate of drug-likeness (QED) is 0.422. The molecular weight excluding hydrogens is 458 g/mol. The molecule has 0 N–H and O–H groups in total. The van der Waals surface area contributed by atoms with Crippen LogP contribution in [-0.4, -0.2) is 44.6 Å². The molecule has 1 aliphatic heterocycles. The van der Waals surface area contributed by atoms with Gasteiger partial charge < -0.3 is 14.2 Å². The monoisotopic (exact) mass is 483 g/mol. The minimum absolute atomic E-state index is 0.0717. The van der Waals surface area contributed by atoms with Crippen molar-refractivity contribution < 1.29 is 19.0 Å². The van der Waals surface area contributed by atoms with Crippen LogP contribution < -0.4 is 14.2 Å². The molecule has 0 amide bonds. The second kappa shape index (κ2) is 8.15. The molecule has 0 saturated carbocycles. The van der Waals surface area contributed by atoms with Gasteiger partial charge in [-0.25, -0.2) is 14.5 Å². The first-order valence-electron chi connectivity index (χ1n) is 11.7. The molecule has 9 heteroatoms. The Balaban J connectivity index is 1.56. The Morgan fingerprint density at radius 1 is 1.11 bits per heavy atom. The van der Waals surface area contributed by atoms with Crippen molar-refractivity contribution in [3.05, 3.63) is 71.5 Å². The second-order valence-corrected chi connectivity index (χ2v) is 9.84. The summed E-state index contributed by atoms with van der Waals surface area (Å²) in [6.45, 7) is 4.16. The Morgan fingerprint density at radius 2 is 1.94 bits per heavy atom. The van der Waals surface area contributed by atoms with E-state index in [1.165, 1.54) is 0 Å². The fourth-order valence-electron chi connectivity index (χ4n) is 5.12. The van der Waals surface area contributed by atoms with Crippen LogP contribution in [0.3, 0.4) is 0 Å². The van der Waals surface area contributed by atoms with Gasteiger partial charge in [-0.05, 0) is 35.2 Å². The summed E-state index contributed by atoms with van der Waals surface area (Å²) >= 11 is 0. The predicted octanol–water partition coefficient (Wildman–Crippen LogP) is 4.37. The predicted molar refractivity (Wildman–Crippen MR) is 131 cm³/mol. The number of fused-ring (bicyclic) bond motifs is 3. The molecule has 1 atom stereocenters. The van der Waals surface area contributed by atoms with Crippen LogP contribution in [-0.2, 0) is 4.79 Å². The largest absolute Gasteiger partial charge is 0.493 e. The van der Waals surface area contributed by atoms with Crippen LogP contribution in [0.1, 0.15) is 43.7 Å². The lowest BCUT2D eigenvalue weighted by atomic mass is 9.70. The standard InChI is InChI=1S/C27H25N5O4/c1-27(2)11-17(33)22-20(12-27)36-26-23(21(22)16-6-5-9-28-13-16)25-30-24(31-32(25)14-29-26)15-7-8-18(34-3)19(10-15)35-4/h5-10,13-14,21H,11-12H2,1-4H3. The van der Waals surface area contributed by atoms with Crippen LogP contribution in [0.15, 0.2) is 60.4 Å². The number of methoxy groups -OCH3 is 2. The third-order valence-corrected chi connectivity index (χ3v) is 6.72. The van der Waals surface area contributed by atoms with Gasteiger partial charge in [0.2, 0.25) is 5.88 Å². The van der Waals surface area contributed by atoms with Gasteiger partial charge in [0.1, 0.15) is 12.1 Å². The number of pyridine rings is 1. The van der Waals surface area contributed by atoms with Crippen LogP contribution in [0.25, 0.3) is 17.0 Å². The summed E-state index contributed by atoms with van der Waals surface area (Å²) < 4.78 is 18.7. The first kappa shape index (κ1) is 22.2. The highest BCUT2D eigenvalue weighted by atomic mass is 16.5. The number of ketones is 1. The summed E-state index contributed by atoms with van der Waals surface area (Å²) in [5, 5.41) is 4.67. The zero-order valence-corrected chi connectivity index (χ0v) is 20.5. The summed E-state index contributed by atoms with van der Waals surface area (Å²) in [5.41, 5.74) is 3.38. The lowest BCUT2D eigenvalue weighted by Crippen LogP contribution is -2.33. The van der Waals surface area contributed by atoms with Crippen LogP contribution >= 0.6 is 0 Å². The van der Waals surface area contributed by atoms with Crippen molar-refractivity contribution in [1.29, 1.82) is 0 Å². The van der Waals surface area contributed by atoms with Gasteiger partial charge in [-0.1, -0.05) is 19.9 Å². The van der Waals surface area contributed by atoms with Crippen molar-refractivity contribution in [3.63, 3.8) is 0 Å². The Morgan fingerprint density at radius 3 is 2.69 bits per heavy atom. The van der Waals surface area contributed by atoms with Gasteiger partial charge in [0.05, 0.1) is 25.7 Å². The molecule has 36 heavy (non-hydrogen) atoms. The summed E-state index contributed by atoms with van der Waals surface area (Å²) in [5.74, 6) is 2.47. The Bertz CT molecular complexity index is 1540. The molecule has 2 aliphatic rings. The van der Waals surface area contributed by atoms with Crippen LogP contribution in [0, 0.1) is 5.41 Å². The van der Waals surface area contributed by atoms with Crippen LogP contribution in [0.5, 0.6) is 17.4 Å². The van der Waals surface area contributed by atoms with Crippen molar-refractivity contribution in [1.82, 2.24) is 24.6 Å². The molecule has 0 fully saturated rings. The smallest absolute Gasteiger partial charge is 0.228 e. The van der Waals surface area contributed by atoms with E-state index in [2.05, 4.69) is 28.9 Å². The highest BCUT2D eigenvalue weighted by Gasteiger charge is 2.44. The SMILES string of the molecule is COc1ccc(-c2nc3c4c(ncn3n2)OC2=C(C(=O)CC(C)(C)C2)C4c2cccnc2)cc1OC. The van der Waals surface area contributed by atoms with Gasteiger partial charge in [-0.15, -0.1) is 5.10 Å². The van der Waals surface area contributed by atoms with Crippen LogP contribution in [0.4, 0.5) is 0 Å². The van der Waals surface area contributed by atoms with Crippen molar-refractivity contribution in [2.45, 2.75) is 32.6 Å². The van der Waals surface area contributed by atoms with E-state index < -0.39 is 5.92 Å². The van der Waals surface area contributed by atoms with Gasteiger partial charge in [0.15, 0.2) is 28.8 Å². The molecule has 1 aliphatic carbocycles. The first-order valence-corrected chi connectivity index (χ1v) is 11.7. The third-order valence-electron chi connectivity index (χ3n) is 6.72. The molecule has 4 aromatic rings. The number of Topliss-reactive ketones (excluding diaryl/α,β-unsaturated/α-hetero) is 1. The van der Waals surface area contributed by atoms with E-state index in [9.17, 15) is 4.79 Å². The number of aromatic nitrogens is 5. The van der Waals surface area contributed by atoms with Crippen molar-refractivity contribution in [2.75, 3.05) is 14.2 Å². The fourth-order valence-corrected chi connectivity index (χ4v) is 5.12. The number of ether oxygens (including phenoxy) is 3. The molecule has 0 radical (unpaired) electrons. The maximum Gasteiger partial charge on any atom is 0.228 e. The number of rotatable bonds is 4. The summed E-state index contributed by atoms with van der Waals surface area (Å²) in [6, 6.07) is 9.36. The van der Waals surface area contributed by atoms with E-state index in [1.54, 1.807) is 37.5 Å². The fraction of sp³-hybridized carbons (Fsp3) is 0.296. The minimum atomic E-state index is -0.403. The number of carbonyl (C=O) groups excluding carboxylic acids is 1. The number of hydrogen-bond acceptors (Lipinski definition) is 8. The van der Waals surface area contributed by atoms with Gasteiger partial charge in [0, 0.05) is 36.4 Å². The number of allylic oxidation sites excluding steroid dienone is 2. The van der Waals surface area contributed by atoms with Gasteiger partial charge in [0.25, 0.3) is 0 Å². The van der Waals surface area contributed by atoms with Crippen molar-refractivity contribution in [3.8, 4) is 28.8 Å². The molecule has 1 aromatic carbocycles. The molecule has 4 heterocycles. The minimum Gasteiger partial charge on any atom is -0.493 e. The summed E-state index contributed by atoms with van der Waals surface area (Å²) in [6.07, 6.45) is 6.19. The summed E-state index contributed by atoms with van der Waals surface area (Å²) in [7, 11) is 3.18. The maximum absolute atomic E-state index is 13.5. The van der Waals surface area contributed by atoms with Gasteiger partial charge in [-0.3, -0.25) is 9.78 Å². The zero-order chi connectivity index (χ0) is 25.0. The van der Waals surface area contributed by atoms with Gasteiger partial charge >= 0.3 is 0 Å². The second-order valence-electron chi connectivity index (χ2n) is 9.84. The highest BCUT2D eigenvalue weighted by molar-refractivity contribution is 6.00. The number of nitrogens with zero attached hydrogens (tertiary/aromatic N) is 5.